The molecular weight excluding hydrogens is 558 g/mol. The van der Waals surface area contributed by atoms with Crippen LogP contribution in [0.1, 0.15) is 85.9 Å². The Labute approximate surface area is 251 Å². The molecule has 0 radical (unpaired) electrons. The van der Waals surface area contributed by atoms with E-state index in [-0.39, 0.29) is 30.4 Å². The lowest BCUT2D eigenvalue weighted by Gasteiger charge is -2.47. The molecule has 0 aliphatic carbocycles. The van der Waals surface area contributed by atoms with Crippen molar-refractivity contribution in [2.24, 2.45) is 5.41 Å². The molecule has 232 valence electrons. The van der Waals surface area contributed by atoms with E-state index in [1.807, 2.05) is 18.7 Å². The van der Waals surface area contributed by atoms with Crippen molar-refractivity contribution in [3.8, 4) is 0 Å². The number of hydrogen-bond donors (Lipinski definition) is 0. The molecule has 2 heterocycles. The quantitative estimate of drug-likeness (QED) is 0.227. The van der Waals surface area contributed by atoms with Crippen molar-refractivity contribution in [2.45, 2.75) is 77.2 Å². The molecule has 2 saturated heterocycles. The van der Waals surface area contributed by atoms with Gasteiger partial charge in [0.25, 0.3) is 0 Å². The number of urea groups is 1. The number of allylic oxidation sites excluding steroid dienone is 2. The molecule has 4 rings (SSSR count). The second-order valence-electron chi connectivity index (χ2n) is 12.3. The molecular formula is C34H41F4N3O2. The maximum atomic E-state index is 14.3. The van der Waals surface area contributed by atoms with Crippen LogP contribution in [-0.2, 0) is 11.0 Å². The molecule has 3 amide bonds. The average Bonchev–Trinajstić information content (AvgIpc) is 3.22. The summed E-state index contributed by atoms with van der Waals surface area (Å²) < 4.78 is 55.6. The normalized spacial score (nSPS) is 20.7. The molecule has 2 fully saturated rings. The standard InChI is InChI=1S/C34H41F4N3O2/c1-8-12-33(13-9-2)20-29-30(28-11-10-27(35)16-22(28)5)41(15-14-40(29)31(33)42)32(43)39(7)23(6)25-17-24(21(3)4)18-26(19-25)34(36,37)38/h8-11,16-19,21,23,29-30H,1-2,12-15,20H2,3-7H3. The molecule has 2 aliphatic rings. The minimum absolute atomic E-state index is 0.0129. The molecule has 9 heteroatoms. The third-order valence-electron chi connectivity index (χ3n) is 9.20. The summed E-state index contributed by atoms with van der Waals surface area (Å²) >= 11 is 0. The number of alkyl halides is 3. The first-order valence-corrected chi connectivity index (χ1v) is 14.7. The lowest BCUT2D eigenvalue weighted by Crippen LogP contribution is -2.57. The fourth-order valence-electron chi connectivity index (χ4n) is 6.71. The lowest BCUT2D eigenvalue weighted by atomic mass is 9.76. The van der Waals surface area contributed by atoms with Gasteiger partial charge in [0.05, 0.1) is 29.1 Å². The fraction of sp³-hybridized carbons (Fsp3) is 0.471. The average molecular weight is 600 g/mol. The minimum Gasteiger partial charge on any atom is -0.335 e. The van der Waals surface area contributed by atoms with Gasteiger partial charge in [0, 0.05) is 20.1 Å². The van der Waals surface area contributed by atoms with Gasteiger partial charge < -0.3 is 14.7 Å². The van der Waals surface area contributed by atoms with Crippen LogP contribution in [0.2, 0.25) is 0 Å². The zero-order chi connectivity index (χ0) is 31.9. The number of carbonyl (C=O) groups is 2. The number of carbonyl (C=O) groups excluding carboxylic acids is 2. The molecule has 3 atom stereocenters. The van der Waals surface area contributed by atoms with Crippen molar-refractivity contribution in [1.82, 2.24) is 14.7 Å². The number of aryl methyl sites for hydroxylation is 1. The third-order valence-corrected chi connectivity index (χ3v) is 9.20. The second kappa shape index (κ2) is 12.2. The predicted octanol–water partition coefficient (Wildman–Crippen LogP) is 8.19. The highest BCUT2D eigenvalue weighted by Gasteiger charge is 2.56. The van der Waals surface area contributed by atoms with E-state index in [0.29, 0.717) is 42.5 Å². The Morgan fingerprint density at radius 1 is 1.07 bits per heavy atom. The van der Waals surface area contributed by atoms with E-state index in [2.05, 4.69) is 13.2 Å². The highest BCUT2D eigenvalue weighted by atomic mass is 19.4. The van der Waals surface area contributed by atoms with E-state index in [9.17, 15) is 27.2 Å². The Morgan fingerprint density at radius 3 is 2.26 bits per heavy atom. The molecule has 5 nitrogen and oxygen atoms in total. The topological polar surface area (TPSA) is 43.9 Å². The third kappa shape index (κ3) is 6.08. The molecule has 0 N–H and O–H groups in total. The van der Waals surface area contributed by atoms with Crippen LogP contribution in [0, 0.1) is 18.2 Å². The summed E-state index contributed by atoms with van der Waals surface area (Å²) in [6.07, 6.45) is 0.312. The summed E-state index contributed by atoms with van der Waals surface area (Å²) in [5.74, 6) is -0.557. The smallest absolute Gasteiger partial charge is 0.335 e. The Kier molecular flexibility index (Phi) is 9.14. The largest absolute Gasteiger partial charge is 0.416 e. The molecule has 0 aromatic heterocycles. The summed E-state index contributed by atoms with van der Waals surface area (Å²) in [5.41, 5.74) is 0.819. The van der Waals surface area contributed by atoms with Gasteiger partial charge in [0.15, 0.2) is 0 Å². The van der Waals surface area contributed by atoms with Gasteiger partial charge in [-0.05, 0) is 85.5 Å². The second-order valence-corrected chi connectivity index (χ2v) is 12.3. The number of halogens is 4. The highest BCUT2D eigenvalue weighted by molar-refractivity contribution is 5.87. The van der Waals surface area contributed by atoms with Gasteiger partial charge in [0.2, 0.25) is 5.91 Å². The van der Waals surface area contributed by atoms with Gasteiger partial charge in [-0.25, -0.2) is 9.18 Å². The van der Waals surface area contributed by atoms with Crippen LogP contribution in [0.4, 0.5) is 22.4 Å². The summed E-state index contributed by atoms with van der Waals surface area (Å²) in [4.78, 5) is 33.1. The van der Waals surface area contributed by atoms with E-state index in [1.54, 1.807) is 50.1 Å². The van der Waals surface area contributed by atoms with E-state index < -0.39 is 35.1 Å². The van der Waals surface area contributed by atoms with Crippen molar-refractivity contribution < 1.29 is 27.2 Å². The summed E-state index contributed by atoms with van der Waals surface area (Å²) in [6, 6.07) is 6.41. The van der Waals surface area contributed by atoms with Crippen molar-refractivity contribution in [2.75, 3.05) is 20.1 Å². The number of fused-ring (bicyclic) bond motifs is 1. The van der Waals surface area contributed by atoms with Crippen LogP contribution >= 0.6 is 0 Å². The van der Waals surface area contributed by atoms with Crippen LogP contribution in [-0.4, -0.2) is 52.8 Å². The van der Waals surface area contributed by atoms with E-state index in [1.165, 1.54) is 17.0 Å². The first-order chi connectivity index (χ1) is 20.1. The monoisotopic (exact) mass is 599 g/mol. The SMILES string of the molecule is C=CCC1(CC=C)CC2C(c3ccc(F)cc3C)N(C(=O)N(C)C(C)c3cc(C(C)C)cc(C(F)(F)F)c3)CCN2C1=O. The molecule has 3 unspecified atom stereocenters. The van der Waals surface area contributed by atoms with Crippen LogP contribution in [0.5, 0.6) is 0 Å². The molecule has 2 aromatic rings. The number of piperazine rings is 1. The number of amides is 3. The van der Waals surface area contributed by atoms with Gasteiger partial charge >= 0.3 is 12.2 Å². The van der Waals surface area contributed by atoms with Crippen molar-refractivity contribution in [1.29, 1.82) is 0 Å². The first-order valence-electron chi connectivity index (χ1n) is 14.7. The Morgan fingerprint density at radius 2 is 1.70 bits per heavy atom. The van der Waals surface area contributed by atoms with Gasteiger partial charge in [-0.15, -0.1) is 13.2 Å². The number of rotatable bonds is 8. The van der Waals surface area contributed by atoms with E-state index in [0.717, 1.165) is 17.7 Å². The highest BCUT2D eigenvalue weighted by Crippen LogP contribution is 2.50. The van der Waals surface area contributed by atoms with Crippen LogP contribution in [0.3, 0.4) is 0 Å². The van der Waals surface area contributed by atoms with Gasteiger partial charge in [0.1, 0.15) is 5.82 Å². The van der Waals surface area contributed by atoms with Gasteiger partial charge in [-0.3, -0.25) is 4.79 Å². The molecule has 2 aliphatic heterocycles. The zero-order valence-corrected chi connectivity index (χ0v) is 25.5. The molecule has 0 spiro atoms. The van der Waals surface area contributed by atoms with Crippen molar-refractivity contribution in [3.63, 3.8) is 0 Å². The van der Waals surface area contributed by atoms with Gasteiger partial charge in [-0.1, -0.05) is 38.1 Å². The van der Waals surface area contributed by atoms with Crippen molar-refractivity contribution in [3.05, 3.63) is 95.3 Å². The Balaban J connectivity index is 1.75. The zero-order valence-electron chi connectivity index (χ0n) is 25.5. The molecule has 0 saturated carbocycles. The molecule has 0 bridgehead atoms. The molecule has 43 heavy (non-hydrogen) atoms. The maximum absolute atomic E-state index is 14.3. The van der Waals surface area contributed by atoms with Crippen LogP contribution in [0.25, 0.3) is 0 Å². The van der Waals surface area contributed by atoms with Crippen molar-refractivity contribution >= 4 is 11.9 Å². The van der Waals surface area contributed by atoms with Crippen LogP contribution in [0.15, 0.2) is 61.7 Å². The van der Waals surface area contributed by atoms with Gasteiger partial charge in [-0.2, -0.15) is 13.2 Å². The first kappa shape index (κ1) is 32.3. The van der Waals surface area contributed by atoms with E-state index >= 15 is 0 Å². The Hall–Kier alpha value is -3.62. The summed E-state index contributed by atoms with van der Waals surface area (Å²) in [7, 11) is 1.59. The minimum atomic E-state index is -4.53. The lowest BCUT2D eigenvalue weighted by molar-refractivity contribution is -0.139. The number of hydrogen-bond acceptors (Lipinski definition) is 2. The number of nitrogens with zero attached hydrogens (tertiary/aromatic N) is 3. The number of benzene rings is 2. The summed E-state index contributed by atoms with van der Waals surface area (Å²) in [6.45, 7) is 15.4. The van der Waals surface area contributed by atoms with Crippen LogP contribution < -0.4 is 0 Å². The summed E-state index contributed by atoms with van der Waals surface area (Å²) in [5, 5.41) is 0. The maximum Gasteiger partial charge on any atom is 0.416 e. The van der Waals surface area contributed by atoms with E-state index in [4.69, 9.17) is 0 Å². The fourth-order valence-corrected chi connectivity index (χ4v) is 6.71. The predicted molar refractivity (Wildman–Crippen MR) is 160 cm³/mol. The molecule has 2 aromatic carbocycles. The Bertz CT molecular complexity index is 1390.